The zero-order chi connectivity index (χ0) is 14.3. The van der Waals surface area contributed by atoms with Crippen LogP contribution in [0.4, 0.5) is 0 Å². The first kappa shape index (κ1) is 14.0. The monoisotopic (exact) mass is 388 g/mol. The Labute approximate surface area is 131 Å². The van der Waals surface area contributed by atoms with Crippen molar-refractivity contribution in [2.45, 2.75) is 37.2 Å². The van der Waals surface area contributed by atoms with E-state index in [0.717, 1.165) is 28.6 Å². The summed E-state index contributed by atoms with van der Waals surface area (Å²) in [5.41, 5.74) is 0.902. The van der Waals surface area contributed by atoms with Crippen molar-refractivity contribution < 1.29 is 19.4 Å². The van der Waals surface area contributed by atoms with Gasteiger partial charge in [-0.25, -0.2) is 0 Å². The topological polar surface area (TPSA) is 55.8 Å². The number of hydrogen-bond donors (Lipinski definition) is 1. The molecule has 0 aromatic heterocycles. The Balaban J connectivity index is 2.09. The molecule has 3 rings (SSSR count). The summed E-state index contributed by atoms with van der Waals surface area (Å²) in [6, 6.07) is 3.50. The summed E-state index contributed by atoms with van der Waals surface area (Å²) >= 11 is 2.36. The summed E-state index contributed by atoms with van der Waals surface area (Å²) in [6.45, 7) is 0. The molecule has 1 fully saturated rings. The van der Waals surface area contributed by atoms with E-state index < -0.39 is 0 Å². The van der Waals surface area contributed by atoms with E-state index in [1.54, 1.807) is 12.1 Å². The summed E-state index contributed by atoms with van der Waals surface area (Å²) in [5.74, 6) is 1.57. The van der Waals surface area contributed by atoms with Gasteiger partial charge in [0.2, 0.25) is 0 Å². The zero-order valence-corrected chi connectivity index (χ0v) is 13.5. The van der Waals surface area contributed by atoms with Gasteiger partial charge in [0.15, 0.2) is 11.5 Å². The maximum Gasteiger partial charge on any atom is 0.164 e. The minimum atomic E-state index is -0.131. The van der Waals surface area contributed by atoms with E-state index in [0.29, 0.717) is 18.6 Å². The molecule has 2 aliphatic rings. The Morgan fingerprint density at radius 2 is 2.35 bits per heavy atom. The minimum Gasteiger partial charge on any atom is -0.504 e. The molecular weight excluding hydrogens is 371 g/mol. The van der Waals surface area contributed by atoms with Gasteiger partial charge in [0.05, 0.1) is 7.11 Å². The summed E-state index contributed by atoms with van der Waals surface area (Å²) in [7, 11) is 1.52. The molecule has 0 bridgehead atoms. The molecule has 2 unspecified atom stereocenters. The number of ether oxygens (including phenoxy) is 2. The number of methoxy groups -OCH3 is 1. The minimum absolute atomic E-state index is 0.0972. The van der Waals surface area contributed by atoms with Crippen LogP contribution in [-0.4, -0.2) is 28.5 Å². The van der Waals surface area contributed by atoms with Crippen molar-refractivity contribution in [2.24, 2.45) is 0 Å². The number of Topliss-reactive ketones (excluding diaryl/α,β-unsaturated/α-hetero) is 1. The number of aromatic hydroxyl groups is 1. The van der Waals surface area contributed by atoms with Crippen molar-refractivity contribution in [2.75, 3.05) is 11.5 Å². The van der Waals surface area contributed by atoms with Gasteiger partial charge in [0, 0.05) is 34.3 Å². The van der Waals surface area contributed by atoms with E-state index in [4.69, 9.17) is 9.47 Å². The molecule has 1 heterocycles. The normalized spacial score (nSPS) is 27.7. The molecule has 4 nitrogen and oxygen atoms in total. The Morgan fingerprint density at radius 1 is 1.55 bits per heavy atom. The number of fused-ring (bicyclic) bond motifs is 3. The zero-order valence-electron chi connectivity index (χ0n) is 11.3. The van der Waals surface area contributed by atoms with E-state index in [9.17, 15) is 9.90 Å². The Hall–Kier alpha value is -0.980. The van der Waals surface area contributed by atoms with Crippen LogP contribution in [0.3, 0.4) is 0 Å². The SMILES string of the molecule is COc1cc2c(cc1O)C1(CCI)CCC(=O)CC1O2. The smallest absolute Gasteiger partial charge is 0.164 e. The van der Waals surface area contributed by atoms with Crippen LogP contribution in [-0.2, 0) is 10.2 Å². The highest BCUT2D eigenvalue weighted by atomic mass is 127. The van der Waals surface area contributed by atoms with E-state index in [-0.39, 0.29) is 23.1 Å². The van der Waals surface area contributed by atoms with Crippen LogP contribution in [0.15, 0.2) is 12.1 Å². The molecule has 1 N–H and O–H groups in total. The van der Waals surface area contributed by atoms with Gasteiger partial charge in [-0.3, -0.25) is 4.79 Å². The van der Waals surface area contributed by atoms with Gasteiger partial charge in [-0.2, -0.15) is 0 Å². The molecular formula is C15H17IO4. The first-order valence-corrected chi connectivity index (χ1v) is 8.29. The summed E-state index contributed by atoms with van der Waals surface area (Å²) in [4.78, 5) is 11.7. The van der Waals surface area contributed by atoms with Crippen LogP contribution in [0.2, 0.25) is 0 Å². The standard InChI is InChI=1S/C15H17IO4/c1-19-13-8-12-10(7-11(13)18)15(4-5-16)3-2-9(17)6-14(15)20-12/h7-8,14,18H,2-6H2,1H3. The second kappa shape index (κ2) is 5.09. The quantitative estimate of drug-likeness (QED) is 0.639. The van der Waals surface area contributed by atoms with Gasteiger partial charge in [0.1, 0.15) is 17.6 Å². The van der Waals surface area contributed by atoms with Crippen molar-refractivity contribution >= 4 is 28.4 Å². The number of phenols is 1. The molecule has 2 atom stereocenters. The third-order valence-electron chi connectivity index (χ3n) is 4.51. The van der Waals surface area contributed by atoms with Crippen LogP contribution < -0.4 is 9.47 Å². The lowest BCUT2D eigenvalue weighted by atomic mass is 9.67. The molecule has 0 spiro atoms. The maximum atomic E-state index is 11.7. The molecule has 1 aliphatic carbocycles. The van der Waals surface area contributed by atoms with Gasteiger partial charge in [-0.05, 0) is 18.9 Å². The number of phenolic OH excluding ortho intramolecular Hbond substituents is 1. The highest BCUT2D eigenvalue weighted by Gasteiger charge is 2.51. The second-order valence-electron chi connectivity index (χ2n) is 5.46. The van der Waals surface area contributed by atoms with Crippen molar-refractivity contribution in [3.63, 3.8) is 0 Å². The van der Waals surface area contributed by atoms with Crippen LogP contribution in [0.1, 0.15) is 31.2 Å². The number of carbonyl (C=O) groups excluding carboxylic acids is 1. The van der Waals surface area contributed by atoms with E-state index in [2.05, 4.69) is 22.6 Å². The highest BCUT2D eigenvalue weighted by Crippen LogP contribution is 2.54. The molecule has 0 radical (unpaired) electrons. The molecule has 1 aromatic carbocycles. The lowest BCUT2D eigenvalue weighted by molar-refractivity contribution is -0.124. The first-order valence-electron chi connectivity index (χ1n) is 6.76. The molecule has 1 aliphatic heterocycles. The number of benzene rings is 1. The van der Waals surface area contributed by atoms with E-state index >= 15 is 0 Å². The molecule has 5 heteroatoms. The summed E-state index contributed by atoms with van der Waals surface area (Å²) < 4.78 is 12.2. The largest absolute Gasteiger partial charge is 0.504 e. The van der Waals surface area contributed by atoms with Gasteiger partial charge in [0.25, 0.3) is 0 Å². The fourth-order valence-corrected chi connectivity index (χ4v) is 4.40. The summed E-state index contributed by atoms with van der Waals surface area (Å²) in [6.07, 6.45) is 2.74. The van der Waals surface area contributed by atoms with Gasteiger partial charge in [-0.15, -0.1) is 0 Å². The Morgan fingerprint density at radius 3 is 3.05 bits per heavy atom. The van der Waals surface area contributed by atoms with Gasteiger partial charge >= 0.3 is 0 Å². The third kappa shape index (κ3) is 1.98. The molecule has 1 aromatic rings. The lowest BCUT2D eigenvalue weighted by Gasteiger charge is -2.37. The van der Waals surface area contributed by atoms with Crippen molar-refractivity contribution in [3.8, 4) is 17.2 Å². The van der Waals surface area contributed by atoms with E-state index in [1.165, 1.54) is 7.11 Å². The van der Waals surface area contributed by atoms with Crippen LogP contribution >= 0.6 is 22.6 Å². The fraction of sp³-hybridized carbons (Fsp3) is 0.533. The van der Waals surface area contributed by atoms with Crippen LogP contribution in [0.5, 0.6) is 17.2 Å². The first-order chi connectivity index (χ1) is 9.60. The average molecular weight is 388 g/mol. The maximum absolute atomic E-state index is 11.7. The third-order valence-corrected chi connectivity index (χ3v) is 5.05. The number of hydrogen-bond acceptors (Lipinski definition) is 4. The van der Waals surface area contributed by atoms with E-state index in [1.807, 2.05) is 0 Å². The van der Waals surface area contributed by atoms with Crippen molar-refractivity contribution in [3.05, 3.63) is 17.7 Å². The number of rotatable bonds is 3. The second-order valence-corrected chi connectivity index (χ2v) is 6.54. The molecule has 20 heavy (non-hydrogen) atoms. The van der Waals surface area contributed by atoms with Gasteiger partial charge in [-0.1, -0.05) is 22.6 Å². The van der Waals surface area contributed by atoms with Crippen molar-refractivity contribution in [1.82, 2.24) is 0 Å². The fourth-order valence-electron chi connectivity index (χ4n) is 3.43. The highest BCUT2D eigenvalue weighted by molar-refractivity contribution is 14.1. The Bertz CT molecular complexity index is 557. The van der Waals surface area contributed by atoms with Gasteiger partial charge < -0.3 is 14.6 Å². The molecule has 1 saturated carbocycles. The number of ketones is 1. The predicted octanol–water partition coefficient (Wildman–Crippen LogP) is 2.98. The predicted molar refractivity (Wildman–Crippen MR) is 83.1 cm³/mol. The summed E-state index contributed by atoms with van der Waals surface area (Å²) in [5, 5.41) is 10.1. The Kier molecular flexibility index (Phi) is 3.56. The van der Waals surface area contributed by atoms with Crippen LogP contribution in [0.25, 0.3) is 0 Å². The number of alkyl halides is 1. The number of halogens is 1. The molecule has 108 valence electrons. The van der Waals surface area contributed by atoms with Crippen molar-refractivity contribution in [1.29, 1.82) is 0 Å². The molecule has 0 saturated heterocycles. The average Bonchev–Trinajstić information content (AvgIpc) is 2.72. The molecule has 0 amide bonds. The number of carbonyl (C=O) groups is 1. The van der Waals surface area contributed by atoms with Crippen LogP contribution in [0, 0.1) is 0 Å². The lowest BCUT2D eigenvalue weighted by Crippen LogP contribution is -2.44.